The lowest BCUT2D eigenvalue weighted by molar-refractivity contribution is 0.128. The Labute approximate surface area is 141 Å². The largest absolute Gasteiger partial charge is 0.469 e. The maximum absolute atomic E-state index is 12.4. The molecular formula is C17H25N3O4. The predicted octanol–water partition coefficient (Wildman–Crippen LogP) is 3.50. The van der Waals surface area contributed by atoms with Crippen molar-refractivity contribution in [3.05, 3.63) is 24.2 Å². The lowest BCUT2D eigenvalue weighted by Gasteiger charge is -2.31. The van der Waals surface area contributed by atoms with Crippen molar-refractivity contribution in [3.63, 3.8) is 0 Å². The second-order valence-electron chi connectivity index (χ2n) is 7.11. The van der Waals surface area contributed by atoms with Crippen molar-refractivity contribution >= 4 is 11.8 Å². The summed E-state index contributed by atoms with van der Waals surface area (Å²) in [5, 5.41) is 16.1. The Kier molecular flexibility index (Phi) is 5.33. The van der Waals surface area contributed by atoms with Gasteiger partial charge in [-0.1, -0.05) is 25.9 Å². The van der Waals surface area contributed by atoms with Crippen molar-refractivity contribution < 1.29 is 18.8 Å². The number of aliphatic hydroxyl groups excluding tert-OH is 1. The molecule has 2 amide bonds. The molecule has 1 atom stereocenters. The monoisotopic (exact) mass is 335 g/mol. The molecule has 132 valence electrons. The maximum Gasteiger partial charge on any atom is 0.323 e. The second kappa shape index (κ2) is 7.09. The van der Waals surface area contributed by atoms with Gasteiger partial charge in [0.15, 0.2) is 11.6 Å². The molecule has 0 aromatic carbocycles. The zero-order chi connectivity index (χ0) is 17.9. The first-order valence-corrected chi connectivity index (χ1v) is 7.87. The maximum atomic E-state index is 12.4. The van der Waals surface area contributed by atoms with Crippen LogP contribution in [0.4, 0.5) is 10.6 Å². The quantitative estimate of drug-likeness (QED) is 0.872. The third kappa shape index (κ3) is 4.38. The molecule has 7 nitrogen and oxygen atoms in total. The molecule has 2 aromatic rings. The van der Waals surface area contributed by atoms with Crippen molar-refractivity contribution in [2.24, 2.45) is 5.41 Å². The number of anilines is 1. The van der Waals surface area contributed by atoms with E-state index in [1.165, 1.54) is 4.90 Å². The highest BCUT2D eigenvalue weighted by molar-refractivity contribution is 5.88. The molecular weight excluding hydrogens is 310 g/mol. The van der Waals surface area contributed by atoms with Crippen LogP contribution in [0.3, 0.4) is 0 Å². The molecule has 2 rings (SSSR count). The summed E-state index contributed by atoms with van der Waals surface area (Å²) in [4.78, 5) is 13.9. The Bertz CT molecular complexity index is 684. The van der Waals surface area contributed by atoms with Gasteiger partial charge in [-0.15, -0.1) is 0 Å². The highest BCUT2D eigenvalue weighted by atomic mass is 16.5. The normalized spacial score (nSPS) is 12.9. The number of furan rings is 1. The first-order chi connectivity index (χ1) is 11.2. The molecule has 2 aromatic heterocycles. The van der Waals surface area contributed by atoms with E-state index in [4.69, 9.17) is 8.94 Å². The molecule has 7 heteroatoms. The molecule has 1 unspecified atom stereocenters. The van der Waals surface area contributed by atoms with Crippen molar-refractivity contribution in [1.82, 2.24) is 10.1 Å². The fourth-order valence-corrected chi connectivity index (χ4v) is 2.50. The van der Waals surface area contributed by atoms with Gasteiger partial charge in [-0.25, -0.2) is 4.79 Å². The van der Waals surface area contributed by atoms with E-state index in [1.54, 1.807) is 25.4 Å². The molecule has 0 saturated heterocycles. The van der Waals surface area contributed by atoms with Gasteiger partial charge in [0.2, 0.25) is 0 Å². The summed E-state index contributed by atoms with van der Waals surface area (Å²) in [6, 6.07) is 2.80. The lowest BCUT2D eigenvalue weighted by Crippen LogP contribution is -2.43. The average molecular weight is 335 g/mol. The zero-order valence-corrected chi connectivity index (χ0v) is 14.8. The van der Waals surface area contributed by atoms with Gasteiger partial charge in [0, 0.05) is 13.1 Å². The molecule has 0 radical (unpaired) electrons. The van der Waals surface area contributed by atoms with E-state index in [2.05, 4.69) is 31.2 Å². The molecule has 0 fully saturated rings. The number of carbonyl (C=O) groups excluding carboxylic acids is 1. The van der Waals surface area contributed by atoms with E-state index in [0.29, 0.717) is 23.8 Å². The molecule has 24 heavy (non-hydrogen) atoms. The van der Waals surface area contributed by atoms with E-state index in [0.717, 1.165) is 5.56 Å². The number of amides is 2. The number of aliphatic hydroxyl groups is 1. The smallest absolute Gasteiger partial charge is 0.323 e. The first-order valence-electron chi connectivity index (χ1n) is 7.87. The van der Waals surface area contributed by atoms with Gasteiger partial charge in [-0.3, -0.25) is 5.32 Å². The van der Waals surface area contributed by atoms with Crippen molar-refractivity contribution in [1.29, 1.82) is 0 Å². The molecule has 0 spiro atoms. The van der Waals surface area contributed by atoms with Gasteiger partial charge in [0.05, 0.1) is 24.5 Å². The third-order valence-electron chi connectivity index (χ3n) is 3.80. The number of nitrogens with zero attached hydrogens (tertiary/aromatic N) is 2. The summed E-state index contributed by atoms with van der Waals surface area (Å²) in [7, 11) is 1.66. The van der Waals surface area contributed by atoms with Crippen molar-refractivity contribution in [3.8, 4) is 11.3 Å². The minimum atomic E-state index is -0.345. The number of nitrogens with one attached hydrogen (secondary N) is 1. The van der Waals surface area contributed by atoms with Crippen LogP contribution in [-0.2, 0) is 0 Å². The number of carbonyl (C=O) groups is 1. The Morgan fingerprint density at radius 3 is 2.71 bits per heavy atom. The highest BCUT2D eigenvalue weighted by Crippen LogP contribution is 2.27. The Morgan fingerprint density at radius 2 is 2.17 bits per heavy atom. The summed E-state index contributed by atoms with van der Waals surface area (Å²) in [6.07, 6.45) is 2.25. The Hall–Kier alpha value is -2.28. The zero-order valence-electron chi connectivity index (χ0n) is 14.8. The van der Waals surface area contributed by atoms with Gasteiger partial charge in [0.25, 0.3) is 0 Å². The van der Waals surface area contributed by atoms with Crippen LogP contribution < -0.4 is 5.32 Å². The summed E-state index contributed by atoms with van der Waals surface area (Å²) in [6.45, 7) is 7.93. The van der Waals surface area contributed by atoms with Crippen LogP contribution in [0.5, 0.6) is 0 Å². The standard InChI is InChI=1S/C17H25N3O4/c1-11-13(6-7-23-11)14-8-15(19-24-14)18-16(22)20(5)12(10-21)9-17(2,3)4/h6-8,12,21H,9-10H2,1-5H3,(H,18,19,22). The minimum Gasteiger partial charge on any atom is -0.469 e. The number of hydrogen-bond acceptors (Lipinski definition) is 5. The van der Waals surface area contributed by atoms with E-state index >= 15 is 0 Å². The Balaban J connectivity index is 2.04. The average Bonchev–Trinajstić information content (AvgIpc) is 3.11. The van der Waals surface area contributed by atoms with Gasteiger partial charge in [0.1, 0.15) is 5.76 Å². The van der Waals surface area contributed by atoms with Gasteiger partial charge < -0.3 is 18.9 Å². The fourth-order valence-electron chi connectivity index (χ4n) is 2.50. The summed E-state index contributed by atoms with van der Waals surface area (Å²) >= 11 is 0. The molecule has 0 aliphatic heterocycles. The van der Waals surface area contributed by atoms with Crippen LogP contribution in [0, 0.1) is 12.3 Å². The van der Waals surface area contributed by atoms with Gasteiger partial charge in [-0.05, 0) is 24.8 Å². The van der Waals surface area contributed by atoms with Crippen LogP contribution >= 0.6 is 0 Å². The summed E-state index contributed by atoms with van der Waals surface area (Å²) in [5.74, 6) is 1.55. The van der Waals surface area contributed by atoms with Crippen LogP contribution in [-0.4, -0.2) is 40.9 Å². The first kappa shape index (κ1) is 18.1. The molecule has 0 aliphatic rings. The molecule has 0 saturated carbocycles. The van der Waals surface area contributed by atoms with E-state index in [-0.39, 0.29) is 24.1 Å². The molecule has 0 aliphatic carbocycles. The molecule has 2 N–H and O–H groups in total. The van der Waals surface area contributed by atoms with Crippen LogP contribution in [0.1, 0.15) is 33.0 Å². The number of urea groups is 1. The van der Waals surface area contributed by atoms with Crippen molar-refractivity contribution in [2.45, 2.75) is 40.2 Å². The van der Waals surface area contributed by atoms with E-state index < -0.39 is 0 Å². The van der Waals surface area contributed by atoms with Crippen LogP contribution in [0.25, 0.3) is 11.3 Å². The summed E-state index contributed by atoms with van der Waals surface area (Å²) in [5.41, 5.74) is 0.791. The number of rotatable bonds is 5. The third-order valence-corrected chi connectivity index (χ3v) is 3.80. The van der Waals surface area contributed by atoms with Crippen LogP contribution in [0.2, 0.25) is 0 Å². The number of aromatic nitrogens is 1. The molecule has 2 heterocycles. The van der Waals surface area contributed by atoms with Crippen LogP contribution in [0.15, 0.2) is 27.3 Å². The number of likely N-dealkylation sites (N-methyl/N-ethyl adjacent to an activating group) is 1. The number of hydrogen-bond donors (Lipinski definition) is 2. The van der Waals surface area contributed by atoms with Gasteiger partial charge in [-0.2, -0.15) is 0 Å². The topological polar surface area (TPSA) is 91.7 Å². The predicted molar refractivity (Wildman–Crippen MR) is 90.7 cm³/mol. The Morgan fingerprint density at radius 1 is 1.46 bits per heavy atom. The van der Waals surface area contributed by atoms with Crippen molar-refractivity contribution in [2.75, 3.05) is 19.0 Å². The lowest BCUT2D eigenvalue weighted by atomic mass is 9.88. The second-order valence-corrected chi connectivity index (χ2v) is 7.11. The summed E-state index contributed by atoms with van der Waals surface area (Å²) < 4.78 is 10.5. The highest BCUT2D eigenvalue weighted by Gasteiger charge is 2.25. The fraction of sp³-hybridized carbons (Fsp3) is 0.529. The van der Waals surface area contributed by atoms with Gasteiger partial charge >= 0.3 is 6.03 Å². The minimum absolute atomic E-state index is 0.00179. The molecule has 0 bridgehead atoms. The number of aryl methyl sites for hydroxylation is 1. The van der Waals surface area contributed by atoms with E-state index in [9.17, 15) is 9.90 Å². The van der Waals surface area contributed by atoms with E-state index in [1.807, 2.05) is 6.92 Å². The SMILES string of the molecule is Cc1occc1-c1cc(NC(=O)N(C)C(CO)CC(C)(C)C)no1.